The van der Waals surface area contributed by atoms with E-state index in [2.05, 4.69) is 127 Å². The number of aromatic nitrogens is 1. The Morgan fingerprint density at radius 3 is 2.29 bits per heavy atom. The molecule has 0 spiro atoms. The van der Waals surface area contributed by atoms with Gasteiger partial charge in [-0.3, -0.25) is 4.98 Å². The van der Waals surface area contributed by atoms with Crippen LogP contribution in [0.4, 0.5) is 0 Å². The van der Waals surface area contributed by atoms with Gasteiger partial charge in [0, 0.05) is 18.3 Å². The zero-order chi connectivity index (χ0) is 30.6. The van der Waals surface area contributed by atoms with Gasteiger partial charge in [0.05, 0.1) is 0 Å². The minimum absolute atomic E-state index is 0.304. The minimum Gasteiger partial charge on any atom is -0.405 e. The molecule has 0 saturated carbocycles. The molecule has 2 heteroatoms. The summed E-state index contributed by atoms with van der Waals surface area (Å²) in [5, 5.41) is 5.16. The predicted molar refractivity (Wildman–Crippen MR) is 193 cm³/mol. The molecule has 218 valence electrons. The maximum Gasteiger partial charge on any atom is 0.0270 e. The molecule has 0 amide bonds. The molecule has 2 aliphatic carbocycles. The van der Waals surface area contributed by atoms with Crippen LogP contribution in [0.3, 0.4) is 0 Å². The summed E-state index contributed by atoms with van der Waals surface area (Å²) in [6.45, 7) is 3.94. The number of rotatable bonds is 7. The van der Waals surface area contributed by atoms with Gasteiger partial charge in [-0.1, -0.05) is 116 Å². The second-order valence-electron chi connectivity index (χ2n) is 11.7. The van der Waals surface area contributed by atoms with E-state index in [1.54, 1.807) is 6.20 Å². The molecule has 0 saturated heterocycles. The Labute approximate surface area is 265 Å². The molecule has 2 nitrogen and oxygen atoms in total. The number of pyridine rings is 1. The van der Waals surface area contributed by atoms with Crippen LogP contribution in [-0.4, -0.2) is 4.98 Å². The molecule has 4 aromatic carbocycles. The second-order valence-corrected chi connectivity index (χ2v) is 11.7. The van der Waals surface area contributed by atoms with Crippen molar-refractivity contribution >= 4 is 32.7 Å². The van der Waals surface area contributed by atoms with Crippen molar-refractivity contribution in [3.8, 4) is 11.1 Å². The topological polar surface area (TPSA) is 38.9 Å². The number of fused-ring (bicyclic) bond motifs is 2. The van der Waals surface area contributed by atoms with E-state index in [4.69, 9.17) is 5.73 Å². The van der Waals surface area contributed by atoms with Crippen molar-refractivity contribution in [2.45, 2.75) is 25.2 Å². The molecule has 0 aliphatic heterocycles. The maximum atomic E-state index is 5.84. The number of allylic oxidation sites excluding steroid dienone is 12. The standard InChI is InChI=1S/C43H36N2/c1-2-10-30(21-24-44)33-13-8-15-36(27-33)42-38-17-6-7-18-39(38)43(37-16-9-14-34(28-37)32-22-25-45-26-23-32)41-29-35(19-20-40(41)42)31-11-4-3-5-12-31/h2-7,9-14,16-27,29,34H,1,8,15,28,44H2/b24-21-,30-10+. The van der Waals surface area contributed by atoms with Crippen molar-refractivity contribution in [2.24, 2.45) is 5.73 Å². The number of hydrogen-bond acceptors (Lipinski definition) is 2. The van der Waals surface area contributed by atoms with Crippen LogP contribution >= 0.6 is 0 Å². The quantitative estimate of drug-likeness (QED) is 0.154. The molecule has 2 N–H and O–H groups in total. The Balaban J connectivity index is 1.49. The third-order valence-corrected chi connectivity index (χ3v) is 9.00. The molecule has 2 aliphatic rings. The fraction of sp³-hybridized carbons (Fsp3) is 0.0930. The van der Waals surface area contributed by atoms with Crippen LogP contribution in [0.15, 0.2) is 170 Å². The van der Waals surface area contributed by atoms with Crippen LogP contribution in [0.5, 0.6) is 0 Å². The first-order valence-electron chi connectivity index (χ1n) is 15.7. The Morgan fingerprint density at radius 2 is 1.53 bits per heavy atom. The summed E-state index contributed by atoms with van der Waals surface area (Å²) in [4.78, 5) is 4.26. The van der Waals surface area contributed by atoms with E-state index in [0.29, 0.717) is 5.92 Å². The van der Waals surface area contributed by atoms with Gasteiger partial charge in [0.1, 0.15) is 0 Å². The van der Waals surface area contributed by atoms with Crippen molar-refractivity contribution < 1.29 is 0 Å². The summed E-state index contributed by atoms with van der Waals surface area (Å²) < 4.78 is 0. The zero-order valence-electron chi connectivity index (χ0n) is 25.4. The van der Waals surface area contributed by atoms with Gasteiger partial charge in [-0.2, -0.15) is 0 Å². The number of benzene rings is 4. The van der Waals surface area contributed by atoms with Crippen molar-refractivity contribution in [3.05, 3.63) is 187 Å². The van der Waals surface area contributed by atoms with Crippen molar-refractivity contribution in [3.63, 3.8) is 0 Å². The van der Waals surface area contributed by atoms with Crippen LogP contribution in [0.1, 0.15) is 41.9 Å². The third-order valence-electron chi connectivity index (χ3n) is 9.00. The summed E-state index contributed by atoms with van der Waals surface area (Å²) >= 11 is 0. The van der Waals surface area contributed by atoms with E-state index in [0.717, 1.165) is 24.8 Å². The fourth-order valence-corrected chi connectivity index (χ4v) is 6.96. The van der Waals surface area contributed by atoms with Gasteiger partial charge >= 0.3 is 0 Å². The summed E-state index contributed by atoms with van der Waals surface area (Å²) in [7, 11) is 0. The molecule has 7 rings (SSSR count). The summed E-state index contributed by atoms with van der Waals surface area (Å²) in [6.07, 6.45) is 25.6. The van der Waals surface area contributed by atoms with Gasteiger partial charge in [0.25, 0.3) is 0 Å². The van der Waals surface area contributed by atoms with E-state index in [-0.39, 0.29) is 0 Å². The Bertz CT molecular complexity index is 2090. The van der Waals surface area contributed by atoms with Crippen LogP contribution < -0.4 is 5.73 Å². The molecule has 45 heavy (non-hydrogen) atoms. The molecule has 1 heterocycles. The smallest absolute Gasteiger partial charge is 0.0270 e. The number of nitrogens with two attached hydrogens (primary N) is 1. The van der Waals surface area contributed by atoms with Crippen LogP contribution in [0.2, 0.25) is 0 Å². The lowest BCUT2D eigenvalue weighted by Gasteiger charge is -2.25. The third kappa shape index (κ3) is 5.52. The predicted octanol–water partition coefficient (Wildman–Crippen LogP) is 10.9. The lowest BCUT2D eigenvalue weighted by atomic mass is 9.79. The molecule has 0 radical (unpaired) electrons. The van der Waals surface area contributed by atoms with Crippen molar-refractivity contribution in [2.75, 3.05) is 0 Å². The van der Waals surface area contributed by atoms with Gasteiger partial charge in [0.15, 0.2) is 0 Å². The average Bonchev–Trinajstić information content (AvgIpc) is 3.11. The first kappa shape index (κ1) is 28.3. The Morgan fingerprint density at radius 1 is 0.800 bits per heavy atom. The highest BCUT2D eigenvalue weighted by Crippen LogP contribution is 2.46. The molecule has 5 aromatic rings. The largest absolute Gasteiger partial charge is 0.405 e. The first-order valence-corrected chi connectivity index (χ1v) is 15.7. The average molecular weight is 581 g/mol. The highest BCUT2D eigenvalue weighted by atomic mass is 14.6. The van der Waals surface area contributed by atoms with E-state index >= 15 is 0 Å². The molecule has 0 fully saturated rings. The van der Waals surface area contributed by atoms with E-state index in [9.17, 15) is 0 Å². The van der Waals surface area contributed by atoms with Gasteiger partial charge in [-0.05, 0) is 121 Å². The fourth-order valence-electron chi connectivity index (χ4n) is 6.96. The second kappa shape index (κ2) is 12.6. The normalized spacial score (nSPS) is 16.9. The van der Waals surface area contributed by atoms with Gasteiger partial charge in [-0.15, -0.1) is 0 Å². The van der Waals surface area contributed by atoms with Gasteiger partial charge in [0.2, 0.25) is 0 Å². The number of nitrogens with zero attached hydrogens (tertiary/aromatic N) is 1. The first-order chi connectivity index (χ1) is 22.2. The minimum atomic E-state index is 0.304. The summed E-state index contributed by atoms with van der Waals surface area (Å²) in [5.74, 6) is 0.304. The summed E-state index contributed by atoms with van der Waals surface area (Å²) in [5.41, 5.74) is 17.2. The molecule has 1 unspecified atom stereocenters. The number of hydrogen-bond donors (Lipinski definition) is 1. The Hall–Kier alpha value is -5.47. The maximum absolute atomic E-state index is 5.84. The van der Waals surface area contributed by atoms with Crippen LogP contribution in [0, 0.1) is 0 Å². The van der Waals surface area contributed by atoms with Gasteiger partial charge < -0.3 is 5.73 Å². The van der Waals surface area contributed by atoms with E-state index in [1.807, 2.05) is 30.6 Å². The SMILES string of the molecule is C=C/C=C(\C=C/N)C1=CCCC(c2c3ccccc3c(C3=CC=CC(c4ccncc4)C3)c3cc(-c4ccccc4)ccc23)=C1. The highest BCUT2D eigenvalue weighted by molar-refractivity contribution is 6.17. The molecular formula is C43H36N2. The lowest BCUT2D eigenvalue weighted by molar-refractivity contribution is 0.865. The highest BCUT2D eigenvalue weighted by Gasteiger charge is 2.23. The molecule has 1 atom stereocenters. The summed E-state index contributed by atoms with van der Waals surface area (Å²) in [6, 6.07) is 31.0. The van der Waals surface area contributed by atoms with Crippen LogP contribution in [-0.2, 0) is 0 Å². The monoisotopic (exact) mass is 580 g/mol. The molecular weight excluding hydrogens is 544 g/mol. The molecule has 1 aromatic heterocycles. The van der Waals surface area contributed by atoms with Crippen LogP contribution in [0.25, 0.3) is 43.8 Å². The molecule has 0 bridgehead atoms. The van der Waals surface area contributed by atoms with E-state index < -0.39 is 0 Å². The Kier molecular flexibility index (Phi) is 7.95. The van der Waals surface area contributed by atoms with Crippen molar-refractivity contribution in [1.82, 2.24) is 4.98 Å². The van der Waals surface area contributed by atoms with Gasteiger partial charge in [-0.25, -0.2) is 0 Å². The van der Waals surface area contributed by atoms with E-state index in [1.165, 1.54) is 66.1 Å². The van der Waals surface area contributed by atoms with Crippen molar-refractivity contribution in [1.29, 1.82) is 0 Å². The zero-order valence-corrected chi connectivity index (χ0v) is 25.4. The lowest BCUT2D eigenvalue weighted by Crippen LogP contribution is -2.04.